The fourth-order valence-electron chi connectivity index (χ4n) is 3.22. The van der Waals surface area contributed by atoms with Crippen molar-refractivity contribution in [2.45, 2.75) is 19.1 Å². The van der Waals surface area contributed by atoms with Crippen molar-refractivity contribution < 1.29 is 4.74 Å². The molecule has 0 fully saturated rings. The summed E-state index contributed by atoms with van der Waals surface area (Å²) in [6, 6.07) is 18.4. The Hall–Kier alpha value is -2.55. The van der Waals surface area contributed by atoms with Crippen LogP contribution in [0, 0.1) is 0 Å². The van der Waals surface area contributed by atoms with Crippen LogP contribution in [0.3, 0.4) is 0 Å². The maximum Gasteiger partial charge on any atom is 0.191 e. The van der Waals surface area contributed by atoms with Gasteiger partial charge >= 0.3 is 0 Å². The number of guanidine groups is 1. The fourth-order valence-corrected chi connectivity index (χ4v) is 3.22. The zero-order chi connectivity index (χ0) is 18.5. The number of hydrogen-bond donors (Lipinski definition) is 2. The average molecular weight is 489 g/mol. The highest BCUT2D eigenvalue weighted by atomic mass is 127. The number of nitrogens with one attached hydrogen (secondary N) is 2. The molecule has 0 saturated heterocycles. The van der Waals surface area contributed by atoms with Crippen LogP contribution in [-0.2, 0) is 13.0 Å². The average Bonchev–Trinajstić information content (AvgIpc) is 3.38. The number of halogens is 1. The van der Waals surface area contributed by atoms with E-state index in [1.165, 1.54) is 5.56 Å². The highest BCUT2D eigenvalue weighted by Gasteiger charge is 2.22. The second-order valence-electron chi connectivity index (χ2n) is 6.48. The van der Waals surface area contributed by atoms with E-state index in [0.29, 0.717) is 13.1 Å². The van der Waals surface area contributed by atoms with Gasteiger partial charge in [-0.2, -0.15) is 5.10 Å². The first-order chi connectivity index (χ1) is 13.3. The summed E-state index contributed by atoms with van der Waals surface area (Å²) in [4.78, 5) is 4.31. The van der Waals surface area contributed by atoms with E-state index in [-0.39, 0.29) is 30.1 Å². The van der Waals surface area contributed by atoms with Crippen LogP contribution in [0.15, 0.2) is 72.0 Å². The van der Waals surface area contributed by atoms with Gasteiger partial charge in [0.05, 0.1) is 12.2 Å². The third-order valence-corrected chi connectivity index (χ3v) is 4.57. The number of benzene rings is 2. The van der Waals surface area contributed by atoms with Crippen molar-refractivity contribution in [2.24, 2.45) is 4.99 Å². The summed E-state index contributed by atoms with van der Waals surface area (Å²) in [6.07, 6.45) is 4.77. The summed E-state index contributed by atoms with van der Waals surface area (Å²) in [7, 11) is 1.78. The zero-order valence-electron chi connectivity index (χ0n) is 15.7. The summed E-state index contributed by atoms with van der Waals surface area (Å²) in [5.41, 5.74) is 3.47. The molecule has 7 heteroatoms. The minimum Gasteiger partial charge on any atom is -0.488 e. The third-order valence-electron chi connectivity index (χ3n) is 4.57. The molecule has 0 amide bonds. The highest BCUT2D eigenvalue weighted by Crippen LogP contribution is 2.27. The van der Waals surface area contributed by atoms with Gasteiger partial charge in [-0.05, 0) is 35.4 Å². The monoisotopic (exact) mass is 489 g/mol. The van der Waals surface area contributed by atoms with E-state index in [1.807, 2.05) is 41.2 Å². The number of rotatable bonds is 5. The molecule has 0 bridgehead atoms. The predicted molar refractivity (Wildman–Crippen MR) is 122 cm³/mol. The number of aliphatic imine (C=N–C) groups is 1. The SMILES string of the molecule is CN=C(NCc1cccc(-n2cccn2)c1)NCC1Cc2ccccc2O1.I. The van der Waals surface area contributed by atoms with Crippen LogP contribution in [0.5, 0.6) is 5.75 Å². The van der Waals surface area contributed by atoms with Gasteiger partial charge in [-0.15, -0.1) is 24.0 Å². The van der Waals surface area contributed by atoms with Crippen LogP contribution in [0.1, 0.15) is 11.1 Å². The molecule has 0 spiro atoms. The molecule has 28 heavy (non-hydrogen) atoms. The smallest absolute Gasteiger partial charge is 0.191 e. The molecule has 4 rings (SSSR count). The van der Waals surface area contributed by atoms with Crippen LogP contribution in [-0.4, -0.2) is 35.4 Å². The van der Waals surface area contributed by atoms with Gasteiger partial charge in [0.2, 0.25) is 0 Å². The summed E-state index contributed by atoms with van der Waals surface area (Å²) >= 11 is 0. The Morgan fingerprint density at radius 1 is 1.18 bits per heavy atom. The number of hydrogen-bond acceptors (Lipinski definition) is 3. The predicted octanol–water partition coefficient (Wildman–Crippen LogP) is 3.16. The van der Waals surface area contributed by atoms with Crippen molar-refractivity contribution in [3.8, 4) is 11.4 Å². The van der Waals surface area contributed by atoms with Crippen LogP contribution in [0.4, 0.5) is 0 Å². The summed E-state index contributed by atoms with van der Waals surface area (Å²) in [5.74, 6) is 1.75. The van der Waals surface area contributed by atoms with E-state index in [4.69, 9.17) is 4.74 Å². The lowest BCUT2D eigenvalue weighted by Gasteiger charge is -2.16. The molecule has 1 aliphatic heterocycles. The molecule has 3 aromatic rings. The maximum absolute atomic E-state index is 5.97. The molecule has 0 saturated carbocycles. The molecule has 0 radical (unpaired) electrons. The third kappa shape index (κ3) is 4.83. The molecular weight excluding hydrogens is 465 g/mol. The Bertz CT molecular complexity index is 901. The summed E-state index contributed by atoms with van der Waals surface area (Å²) < 4.78 is 7.82. The second-order valence-corrected chi connectivity index (χ2v) is 6.48. The van der Waals surface area contributed by atoms with Crippen molar-refractivity contribution in [2.75, 3.05) is 13.6 Å². The highest BCUT2D eigenvalue weighted by molar-refractivity contribution is 14.0. The fraction of sp³-hybridized carbons (Fsp3) is 0.238. The van der Waals surface area contributed by atoms with E-state index in [0.717, 1.165) is 29.4 Å². The van der Waals surface area contributed by atoms with Gasteiger partial charge in [0.25, 0.3) is 0 Å². The largest absolute Gasteiger partial charge is 0.488 e. The molecule has 6 nitrogen and oxygen atoms in total. The van der Waals surface area contributed by atoms with Gasteiger partial charge in [-0.1, -0.05) is 30.3 Å². The van der Waals surface area contributed by atoms with Crippen molar-refractivity contribution in [3.05, 3.63) is 78.1 Å². The minimum absolute atomic E-state index is 0. The van der Waals surface area contributed by atoms with Crippen molar-refractivity contribution in [3.63, 3.8) is 0 Å². The summed E-state index contributed by atoms with van der Waals surface area (Å²) in [6.45, 7) is 1.39. The Kier molecular flexibility index (Phi) is 6.91. The lowest BCUT2D eigenvalue weighted by molar-refractivity contribution is 0.235. The van der Waals surface area contributed by atoms with Crippen LogP contribution >= 0.6 is 24.0 Å². The minimum atomic E-state index is 0. The number of nitrogens with zero attached hydrogens (tertiary/aromatic N) is 3. The topological polar surface area (TPSA) is 63.5 Å². The molecular formula is C21H24IN5O. The van der Waals surface area contributed by atoms with Gasteiger partial charge in [0.1, 0.15) is 11.9 Å². The zero-order valence-corrected chi connectivity index (χ0v) is 18.0. The number of fused-ring (bicyclic) bond motifs is 1. The van der Waals surface area contributed by atoms with E-state index in [1.54, 1.807) is 13.2 Å². The number of ether oxygens (including phenoxy) is 1. The first kappa shape index (κ1) is 20.2. The number of aromatic nitrogens is 2. The van der Waals surface area contributed by atoms with Gasteiger partial charge < -0.3 is 15.4 Å². The molecule has 1 unspecified atom stereocenters. The van der Waals surface area contributed by atoms with E-state index in [2.05, 4.69) is 45.0 Å². The van der Waals surface area contributed by atoms with E-state index >= 15 is 0 Å². The lowest BCUT2D eigenvalue weighted by Crippen LogP contribution is -2.41. The molecule has 146 valence electrons. The molecule has 1 aliphatic rings. The Morgan fingerprint density at radius 3 is 2.86 bits per heavy atom. The Balaban J connectivity index is 0.00000225. The van der Waals surface area contributed by atoms with Crippen molar-refractivity contribution in [1.82, 2.24) is 20.4 Å². The first-order valence-corrected chi connectivity index (χ1v) is 9.10. The van der Waals surface area contributed by atoms with Crippen LogP contribution in [0.25, 0.3) is 5.69 Å². The quantitative estimate of drug-likeness (QED) is 0.329. The van der Waals surface area contributed by atoms with Gasteiger partial charge in [0, 0.05) is 32.4 Å². The normalized spacial score (nSPS) is 15.3. The standard InChI is InChI=1S/C21H23N5O.HI/c1-22-21(24-15-19-13-17-7-2-3-9-20(17)27-19)23-14-16-6-4-8-18(12-16)26-11-5-10-25-26;/h2-12,19H,13-15H2,1H3,(H2,22,23,24);1H. The van der Waals surface area contributed by atoms with Crippen LogP contribution in [0.2, 0.25) is 0 Å². The first-order valence-electron chi connectivity index (χ1n) is 9.10. The van der Waals surface area contributed by atoms with Gasteiger partial charge in [0.15, 0.2) is 5.96 Å². The van der Waals surface area contributed by atoms with Crippen molar-refractivity contribution >= 4 is 29.9 Å². The molecule has 0 aliphatic carbocycles. The van der Waals surface area contributed by atoms with Crippen molar-refractivity contribution in [1.29, 1.82) is 0 Å². The lowest BCUT2D eigenvalue weighted by atomic mass is 10.1. The molecule has 2 N–H and O–H groups in total. The van der Waals surface area contributed by atoms with E-state index in [9.17, 15) is 0 Å². The second kappa shape index (κ2) is 9.59. The molecule has 2 aromatic carbocycles. The van der Waals surface area contributed by atoms with Gasteiger partial charge in [-0.25, -0.2) is 4.68 Å². The molecule has 2 heterocycles. The Labute approximate surface area is 182 Å². The Morgan fingerprint density at radius 2 is 2.07 bits per heavy atom. The molecule has 1 aromatic heterocycles. The number of para-hydroxylation sites is 1. The van der Waals surface area contributed by atoms with Gasteiger partial charge in [-0.3, -0.25) is 4.99 Å². The maximum atomic E-state index is 5.97. The van der Waals surface area contributed by atoms with E-state index < -0.39 is 0 Å². The summed E-state index contributed by atoms with van der Waals surface area (Å²) in [5, 5.41) is 11.0. The van der Waals surface area contributed by atoms with Crippen LogP contribution < -0.4 is 15.4 Å². The molecule has 1 atom stereocenters.